The van der Waals surface area contributed by atoms with E-state index in [-0.39, 0.29) is 18.6 Å². The van der Waals surface area contributed by atoms with E-state index in [2.05, 4.69) is 10.3 Å². The van der Waals surface area contributed by atoms with Crippen LogP contribution in [0.3, 0.4) is 0 Å². The quantitative estimate of drug-likeness (QED) is 0.904. The number of nitrogens with zero attached hydrogens (tertiary/aromatic N) is 2. The summed E-state index contributed by atoms with van der Waals surface area (Å²) >= 11 is 0. The molecular formula is C18H20FN3O3. The minimum Gasteiger partial charge on any atom is -0.467 e. The highest BCUT2D eigenvalue weighted by atomic mass is 19.1. The van der Waals surface area contributed by atoms with Crippen molar-refractivity contribution in [3.63, 3.8) is 0 Å². The zero-order valence-corrected chi connectivity index (χ0v) is 14.0. The molecule has 132 valence electrons. The summed E-state index contributed by atoms with van der Waals surface area (Å²) in [6.45, 7) is 1.29. The fraction of sp³-hybridized carbons (Fsp3) is 0.333. The minimum atomic E-state index is -0.332. The lowest BCUT2D eigenvalue weighted by atomic mass is 10.1. The zero-order chi connectivity index (χ0) is 17.6. The summed E-state index contributed by atoms with van der Waals surface area (Å²) in [6.07, 6.45) is 2.17. The predicted octanol–water partition coefficient (Wildman–Crippen LogP) is 2.47. The Morgan fingerprint density at radius 2 is 2.28 bits per heavy atom. The zero-order valence-electron chi connectivity index (χ0n) is 14.0. The molecule has 1 aliphatic rings. The summed E-state index contributed by atoms with van der Waals surface area (Å²) in [4.78, 5) is 17.9. The Hall–Kier alpha value is -2.67. The van der Waals surface area contributed by atoms with Gasteiger partial charge in [-0.15, -0.1) is 0 Å². The van der Waals surface area contributed by atoms with Gasteiger partial charge < -0.3 is 19.7 Å². The second-order valence-corrected chi connectivity index (χ2v) is 5.82. The van der Waals surface area contributed by atoms with Gasteiger partial charge in [0.25, 0.3) is 0 Å². The summed E-state index contributed by atoms with van der Waals surface area (Å²) in [5, 5.41) is 2.83. The second-order valence-electron chi connectivity index (χ2n) is 5.82. The number of amides is 2. The molecule has 1 aromatic heterocycles. The molecule has 7 heteroatoms. The molecule has 1 aromatic carbocycles. The van der Waals surface area contributed by atoms with Crippen LogP contribution in [0.15, 0.2) is 36.5 Å². The van der Waals surface area contributed by atoms with E-state index in [1.54, 1.807) is 18.1 Å². The molecule has 0 fully saturated rings. The third-order valence-electron chi connectivity index (χ3n) is 3.89. The summed E-state index contributed by atoms with van der Waals surface area (Å²) in [5.74, 6) is 0.324. The van der Waals surface area contributed by atoms with Gasteiger partial charge in [-0.3, -0.25) is 4.98 Å². The van der Waals surface area contributed by atoms with E-state index in [1.165, 1.54) is 12.1 Å². The van der Waals surface area contributed by atoms with Gasteiger partial charge in [-0.25, -0.2) is 9.18 Å². The topological polar surface area (TPSA) is 63.7 Å². The van der Waals surface area contributed by atoms with E-state index in [0.29, 0.717) is 37.4 Å². The van der Waals surface area contributed by atoms with E-state index >= 15 is 0 Å². The molecule has 2 amide bonds. The van der Waals surface area contributed by atoms with Gasteiger partial charge in [-0.1, -0.05) is 6.07 Å². The van der Waals surface area contributed by atoms with Crippen LogP contribution in [0.4, 0.5) is 9.18 Å². The van der Waals surface area contributed by atoms with Gasteiger partial charge in [0.05, 0.1) is 18.8 Å². The van der Waals surface area contributed by atoms with Crippen LogP contribution < -0.4 is 10.1 Å². The van der Waals surface area contributed by atoms with Crippen molar-refractivity contribution in [3.8, 4) is 5.75 Å². The minimum absolute atomic E-state index is 0.158. The van der Waals surface area contributed by atoms with Crippen molar-refractivity contribution in [3.05, 3.63) is 59.2 Å². The average Bonchev–Trinajstić information content (AvgIpc) is 2.62. The van der Waals surface area contributed by atoms with Gasteiger partial charge in [0, 0.05) is 25.4 Å². The van der Waals surface area contributed by atoms with Gasteiger partial charge in [0.15, 0.2) is 6.79 Å². The highest BCUT2D eigenvalue weighted by Crippen LogP contribution is 2.29. The average molecular weight is 345 g/mol. The molecule has 0 unspecified atom stereocenters. The van der Waals surface area contributed by atoms with E-state index in [1.807, 2.05) is 18.2 Å². The highest BCUT2D eigenvalue weighted by molar-refractivity contribution is 5.73. The normalized spacial score (nSPS) is 12.9. The Labute approximate surface area is 145 Å². The van der Waals surface area contributed by atoms with Gasteiger partial charge in [0.1, 0.15) is 11.6 Å². The molecule has 25 heavy (non-hydrogen) atoms. The number of pyridine rings is 1. The lowest BCUT2D eigenvalue weighted by molar-refractivity contribution is -0.0172. The number of halogens is 1. The number of hydrogen-bond donors (Lipinski definition) is 1. The smallest absolute Gasteiger partial charge is 0.317 e. The number of urea groups is 1. The Balaban J connectivity index is 1.54. The molecule has 3 rings (SSSR count). The molecule has 1 N–H and O–H groups in total. The molecule has 0 atom stereocenters. The summed E-state index contributed by atoms with van der Waals surface area (Å²) < 4.78 is 24.3. The van der Waals surface area contributed by atoms with Crippen LogP contribution >= 0.6 is 0 Å². The first-order valence-corrected chi connectivity index (χ1v) is 8.04. The molecule has 2 aromatic rings. The number of benzene rings is 1. The van der Waals surface area contributed by atoms with Crippen LogP contribution in [-0.2, 0) is 24.3 Å². The first-order chi connectivity index (χ1) is 12.1. The molecule has 0 bridgehead atoms. The Bertz CT molecular complexity index is 740. The molecule has 0 spiro atoms. The van der Waals surface area contributed by atoms with Crippen molar-refractivity contribution in [1.82, 2.24) is 15.2 Å². The van der Waals surface area contributed by atoms with Crippen molar-refractivity contribution in [2.75, 3.05) is 20.4 Å². The maximum atomic E-state index is 13.7. The fourth-order valence-corrected chi connectivity index (χ4v) is 2.69. The number of carbonyl (C=O) groups excluding carboxylic acids is 1. The van der Waals surface area contributed by atoms with Crippen molar-refractivity contribution >= 4 is 6.03 Å². The van der Waals surface area contributed by atoms with E-state index < -0.39 is 0 Å². The molecule has 6 nitrogen and oxygen atoms in total. The molecule has 0 saturated heterocycles. The summed E-state index contributed by atoms with van der Waals surface area (Å²) in [7, 11) is 1.70. The largest absolute Gasteiger partial charge is 0.467 e. The maximum Gasteiger partial charge on any atom is 0.317 e. The highest BCUT2D eigenvalue weighted by Gasteiger charge is 2.17. The second kappa shape index (κ2) is 7.94. The number of carbonyl (C=O) groups is 1. The number of rotatable bonds is 5. The van der Waals surface area contributed by atoms with Crippen LogP contribution in [0.25, 0.3) is 0 Å². The summed E-state index contributed by atoms with van der Waals surface area (Å²) in [5.41, 5.74) is 2.23. The van der Waals surface area contributed by atoms with Crippen molar-refractivity contribution < 1.29 is 18.7 Å². The van der Waals surface area contributed by atoms with E-state index in [0.717, 1.165) is 11.3 Å². The Kier molecular flexibility index (Phi) is 5.45. The van der Waals surface area contributed by atoms with Crippen LogP contribution in [0.2, 0.25) is 0 Å². The third kappa shape index (κ3) is 4.45. The molecule has 0 aliphatic carbocycles. The van der Waals surface area contributed by atoms with Gasteiger partial charge >= 0.3 is 6.03 Å². The van der Waals surface area contributed by atoms with Crippen LogP contribution in [-0.4, -0.2) is 36.3 Å². The van der Waals surface area contributed by atoms with Gasteiger partial charge in [0.2, 0.25) is 0 Å². The number of fused-ring (bicyclic) bond motifs is 1. The SMILES string of the molecule is CN(Cc1ccccn1)C(=O)NCCc1cc(F)cc2c1OCOC2. The molecule has 1 aliphatic heterocycles. The van der Waals surface area contributed by atoms with Crippen LogP contribution in [0.1, 0.15) is 16.8 Å². The first-order valence-electron chi connectivity index (χ1n) is 8.04. The number of nitrogens with one attached hydrogen (secondary N) is 1. The molecular weight excluding hydrogens is 325 g/mol. The Morgan fingerprint density at radius 3 is 3.08 bits per heavy atom. The predicted molar refractivity (Wildman–Crippen MR) is 89.5 cm³/mol. The van der Waals surface area contributed by atoms with Gasteiger partial charge in [-0.2, -0.15) is 0 Å². The third-order valence-corrected chi connectivity index (χ3v) is 3.89. The van der Waals surface area contributed by atoms with Crippen molar-refractivity contribution in [2.24, 2.45) is 0 Å². The molecule has 0 saturated carbocycles. The van der Waals surface area contributed by atoms with E-state index in [4.69, 9.17) is 9.47 Å². The Morgan fingerprint density at radius 1 is 1.40 bits per heavy atom. The lowest BCUT2D eigenvalue weighted by Gasteiger charge is -2.21. The fourth-order valence-electron chi connectivity index (χ4n) is 2.69. The summed E-state index contributed by atoms with van der Waals surface area (Å²) in [6, 6.07) is 8.22. The van der Waals surface area contributed by atoms with Crippen molar-refractivity contribution in [2.45, 2.75) is 19.6 Å². The number of aromatic nitrogens is 1. The van der Waals surface area contributed by atoms with Crippen LogP contribution in [0, 0.1) is 5.82 Å². The monoisotopic (exact) mass is 345 g/mol. The number of hydrogen-bond acceptors (Lipinski definition) is 4. The van der Waals surface area contributed by atoms with E-state index in [9.17, 15) is 9.18 Å². The maximum absolute atomic E-state index is 13.7. The molecule has 0 radical (unpaired) electrons. The lowest BCUT2D eigenvalue weighted by Crippen LogP contribution is -2.38. The first kappa shape index (κ1) is 17.2. The standard InChI is InChI=1S/C18H20FN3O3/c1-22(10-16-4-2-3-6-20-16)18(23)21-7-5-13-8-15(19)9-14-11-24-12-25-17(13)14/h2-4,6,8-9H,5,7,10-12H2,1H3,(H,21,23). The number of ether oxygens (including phenoxy) is 2. The molecule has 2 heterocycles. The van der Waals surface area contributed by atoms with Crippen LogP contribution in [0.5, 0.6) is 5.75 Å². The van der Waals surface area contributed by atoms with Crippen molar-refractivity contribution in [1.29, 1.82) is 0 Å². The van der Waals surface area contributed by atoms with Gasteiger partial charge in [-0.05, 0) is 36.2 Å².